The van der Waals surface area contributed by atoms with Crippen molar-refractivity contribution in [3.8, 4) is 0 Å². The van der Waals surface area contributed by atoms with Gasteiger partial charge in [-0.1, -0.05) is 0 Å². The van der Waals surface area contributed by atoms with Crippen LogP contribution in [0.3, 0.4) is 0 Å². The van der Waals surface area contributed by atoms with E-state index in [0.29, 0.717) is 0 Å². The minimum absolute atomic E-state index is 0.317. The maximum absolute atomic E-state index is 10.1. The average Bonchev–Trinajstić information content (AvgIpc) is 2.05. The van der Waals surface area contributed by atoms with Gasteiger partial charge in [-0.2, -0.15) is 0 Å². The summed E-state index contributed by atoms with van der Waals surface area (Å²) in [5.74, 6) is -1.94. The topological polar surface area (TPSA) is 121 Å². The molecule has 84 valence electrons. The Bertz CT molecular complexity index is 200. The van der Waals surface area contributed by atoms with Crippen molar-refractivity contribution >= 4 is 11.9 Å². The van der Waals surface area contributed by atoms with E-state index in [1.807, 2.05) is 0 Å². The number of aliphatic carboxylic acids is 2. The van der Waals surface area contributed by atoms with Crippen LogP contribution in [0.15, 0.2) is 0 Å². The smallest absolute Gasteiger partial charge is 0.320 e. The van der Waals surface area contributed by atoms with Gasteiger partial charge in [-0.15, -0.1) is 0 Å². The Morgan fingerprint density at radius 1 is 1.36 bits per heavy atom. The first-order valence-corrected chi connectivity index (χ1v) is 3.97. The van der Waals surface area contributed by atoms with Gasteiger partial charge in [0.1, 0.15) is 6.04 Å². The highest BCUT2D eigenvalue weighted by Gasteiger charge is 2.25. The summed E-state index contributed by atoms with van der Waals surface area (Å²) >= 11 is 0. The summed E-state index contributed by atoms with van der Waals surface area (Å²) in [6.45, 7) is 4.04. The highest BCUT2D eigenvalue weighted by molar-refractivity contribution is 5.73. The number of aliphatic hydroxyl groups excluding tert-OH is 1. The number of hydrogen-bond acceptors (Lipinski definition) is 4. The van der Waals surface area contributed by atoms with Gasteiger partial charge >= 0.3 is 11.9 Å². The zero-order valence-electron chi connectivity index (χ0n) is 8.52. The first-order valence-electron chi connectivity index (χ1n) is 3.97. The lowest BCUT2D eigenvalue weighted by Crippen LogP contribution is -2.27. The van der Waals surface area contributed by atoms with Crippen molar-refractivity contribution in [2.24, 2.45) is 11.1 Å². The van der Waals surface area contributed by atoms with Crippen LogP contribution in [-0.2, 0) is 9.59 Å². The van der Waals surface area contributed by atoms with Gasteiger partial charge in [-0.25, -0.2) is 0 Å². The van der Waals surface area contributed by atoms with Crippen molar-refractivity contribution in [2.45, 2.75) is 26.8 Å². The average molecular weight is 207 g/mol. The van der Waals surface area contributed by atoms with E-state index in [1.165, 1.54) is 20.8 Å². The van der Waals surface area contributed by atoms with Crippen LogP contribution in [0.5, 0.6) is 0 Å². The second-order valence-electron chi connectivity index (χ2n) is 3.47. The van der Waals surface area contributed by atoms with Gasteiger partial charge in [0.25, 0.3) is 0 Å². The van der Waals surface area contributed by atoms with Crippen LogP contribution in [0.1, 0.15) is 20.8 Å². The number of nitrogens with two attached hydrogens (primary N) is 1. The molecule has 1 unspecified atom stereocenters. The van der Waals surface area contributed by atoms with E-state index in [0.717, 1.165) is 0 Å². The fourth-order valence-corrected chi connectivity index (χ4v) is 0.0676. The highest BCUT2D eigenvalue weighted by Crippen LogP contribution is 2.12. The van der Waals surface area contributed by atoms with E-state index in [-0.39, 0.29) is 6.61 Å². The molecule has 0 bridgehead atoms. The molecule has 0 fully saturated rings. The number of rotatable bonds is 3. The van der Waals surface area contributed by atoms with Crippen LogP contribution < -0.4 is 5.73 Å². The van der Waals surface area contributed by atoms with Crippen molar-refractivity contribution in [2.75, 3.05) is 6.61 Å². The molecule has 6 heteroatoms. The van der Waals surface area contributed by atoms with Gasteiger partial charge in [-0.05, 0) is 20.8 Å². The maximum atomic E-state index is 10.1. The summed E-state index contributed by atoms with van der Waals surface area (Å²) in [4.78, 5) is 19.7. The molecule has 0 spiro atoms. The summed E-state index contributed by atoms with van der Waals surface area (Å²) in [5, 5.41) is 24.5. The molecule has 0 saturated carbocycles. The lowest BCUT2D eigenvalue weighted by molar-refractivity contribution is -0.149. The molecule has 14 heavy (non-hydrogen) atoms. The SMILES string of the molecule is CC(C)(CO)C(=O)O.CC(N)C(=O)O. The second kappa shape index (κ2) is 6.33. The Morgan fingerprint density at radius 2 is 1.64 bits per heavy atom. The summed E-state index contributed by atoms with van der Waals surface area (Å²) in [6, 6.07) is -0.731. The van der Waals surface area contributed by atoms with Crippen LogP contribution in [0.4, 0.5) is 0 Å². The third-order valence-corrected chi connectivity index (χ3v) is 1.36. The number of carboxylic acid groups (broad SMARTS) is 2. The predicted molar refractivity (Wildman–Crippen MR) is 49.8 cm³/mol. The number of carbonyl (C=O) groups is 2. The van der Waals surface area contributed by atoms with E-state index in [1.54, 1.807) is 0 Å². The lowest BCUT2D eigenvalue weighted by Gasteiger charge is -2.13. The number of aliphatic hydroxyl groups is 1. The van der Waals surface area contributed by atoms with Gasteiger partial charge in [0.05, 0.1) is 12.0 Å². The minimum atomic E-state index is -0.986. The number of hydrogen-bond donors (Lipinski definition) is 4. The molecule has 0 aromatic heterocycles. The van der Waals surface area contributed by atoms with Gasteiger partial charge in [0.15, 0.2) is 0 Å². The predicted octanol–water partition coefficient (Wildman–Crippen LogP) is -0.492. The van der Waals surface area contributed by atoms with Crippen LogP contribution in [-0.4, -0.2) is 39.9 Å². The fraction of sp³-hybridized carbons (Fsp3) is 0.750. The normalized spacial score (nSPS) is 12.4. The second-order valence-corrected chi connectivity index (χ2v) is 3.47. The summed E-state index contributed by atoms with van der Waals surface area (Å²) in [5.41, 5.74) is 3.85. The standard InChI is InChI=1S/C5H10O3.C3H7NO2/c1-5(2,3-6)4(7)8;1-2(4)3(5)6/h6H,3H2,1-2H3,(H,7,8);2H,4H2,1H3,(H,5,6). The van der Waals surface area contributed by atoms with E-state index >= 15 is 0 Å². The third-order valence-electron chi connectivity index (χ3n) is 1.36. The van der Waals surface area contributed by atoms with Gasteiger partial charge in [-0.3, -0.25) is 9.59 Å². The lowest BCUT2D eigenvalue weighted by atomic mass is 9.96. The molecular weight excluding hydrogens is 190 g/mol. The molecular formula is C8H17NO5. The van der Waals surface area contributed by atoms with Crippen molar-refractivity contribution < 1.29 is 24.9 Å². The van der Waals surface area contributed by atoms with Gasteiger partial charge < -0.3 is 21.1 Å². The van der Waals surface area contributed by atoms with Crippen molar-refractivity contribution in [1.29, 1.82) is 0 Å². The quantitative estimate of drug-likeness (QED) is 0.495. The molecule has 0 aromatic carbocycles. The Morgan fingerprint density at radius 3 is 1.64 bits per heavy atom. The zero-order chi connectivity index (χ0) is 11.9. The Kier molecular flexibility index (Phi) is 6.94. The highest BCUT2D eigenvalue weighted by atomic mass is 16.4. The zero-order valence-corrected chi connectivity index (χ0v) is 8.52. The first kappa shape index (κ1) is 15.3. The molecule has 0 aliphatic rings. The molecule has 1 atom stereocenters. The van der Waals surface area contributed by atoms with E-state index in [9.17, 15) is 9.59 Å². The third kappa shape index (κ3) is 7.51. The summed E-state index contributed by atoms with van der Waals surface area (Å²) < 4.78 is 0. The molecule has 0 rings (SSSR count). The van der Waals surface area contributed by atoms with E-state index < -0.39 is 23.4 Å². The fourth-order valence-electron chi connectivity index (χ4n) is 0.0676. The molecule has 6 nitrogen and oxygen atoms in total. The number of carboxylic acids is 2. The van der Waals surface area contributed by atoms with Crippen LogP contribution in [0, 0.1) is 5.41 Å². The van der Waals surface area contributed by atoms with Gasteiger partial charge in [0, 0.05) is 0 Å². The molecule has 0 saturated heterocycles. The van der Waals surface area contributed by atoms with Crippen molar-refractivity contribution in [1.82, 2.24) is 0 Å². The molecule has 0 aliphatic heterocycles. The van der Waals surface area contributed by atoms with Crippen molar-refractivity contribution in [3.63, 3.8) is 0 Å². The Hall–Kier alpha value is -1.14. The molecule has 0 amide bonds. The molecule has 5 N–H and O–H groups in total. The first-order chi connectivity index (χ1) is 6.15. The summed E-state index contributed by atoms with van der Waals surface area (Å²) in [7, 11) is 0. The molecule has 0 aromatic rings. The Labute approximate surface area is 82.3 Å². The van der Waals surface area contributed by atoms with Crippen LogP contribution >= 0.6 is 0 Å². The van der Waals surface area contributed by atoms with Crippen molar-refractivity contribution in [3.05, 3.63) is 0 Å². The van der Waals surface area contributed by atoms with Crippen LogP contribution in [0.25, 0.3) is 0 Å². The monoisotopic (exact) mass is 207 g/mol. The van der Waals surface area contributed by atoms with E-state index in [2.05, 4.69) is 0 Å². The van der Waals surface area contributed by atoms with Gasteiger partial charge in [0.2, 0.25) is 0 Å². The van der Waals surface area contributed by atoms with Crippen LogP contribution in [0.2, 0.25) is 0 Å². The van der Waals surface area contributed by atoms with E-state index in [4.69, 9.17) is 21.1 Å². The molecule has 0 radical (unpaired) electrons. The summed E-state index contributed by atoms with van der Waals surface area (Å²) in [6.07, 6.45) is 0. The largest absolute Gasteiger partial charge is 0.481 e. The minimum Gasteiger partial charge on any atom is -0.481 e. The maximum Gasteiger partial charge on any atom is 0.320 e. The molecule has 0 aliphatic carbocycles. The Balaban J connectivity index is 0. The molecule has 0 heterocycles.